The van der Waals surface area contributed by atoms with E-state index in [1.165, 1.54) is 12.1 Å². The Labute approximate surface area is 119 Å². The van der Waals surface area contributed by atoms with Gasteiger partial charge in [0, 0.05) is 18.2 Å². The molecule has 1 aromatic rings. The molecule has 0 fully saturated rings. The first-order valence-electron chi connectivity index (χ1n) is 6.32. The van der Waals surface area contributed by atoms with Gasteiger partial charge in [0.15, 0.2) is 0 Å². The van der Waals surface area contributed by atoms with Gasteiger partial charge in [-0.1, -0.05) is 19.9 Å². The first kappa shape index (κ1) is 16.6. The number of hydrogen-bond donors (Lipinski definition) is 3. The predicted octanol–water partition coefficient (Wildman–Crippen LogP) is 0.356. The molecule has 7 heteroatoms. The van der Waals surface area contributed by atoms with Crippen LogP contribution in [0.25, 0.3) is 0 Å². The number of nitrogens with one attached hydrogen (secondary N) is 1. The van der Waals surface area contributed by atoms with Crippen molar-refractivity contribution in [2.45, 2.75) is 31.7 Å². The van der Waals surface area contributed by atoms with Crippen LogP contribution in [0, 0.1) is 12.8 Å². The van der Waals surface area contributed by atoms with E-state index in [9.17, 15) is 13.2 Å². The molecule has 1 unspecified atom stereocenters. The van der Waals surface area contributed by atoms with Crippen molar-refractivity contribution in [1.29, 1.82) is 0 Å². The quantitative estimate of drug-likeness (QED) is 0.703. The lowest BCUT2D eigenvalue weighted by atomic mass is 10.1. The lowest BCUT2D eigenvalue weighted by Crippen LogP contribution is -2.43. The van der Waals surface area contributed by atoms with Crippen LogP contribution in [0.15, 0.2) is 23.1 Å². The second-order valence-corrected chi connectivity index (χ2v) is 6.76. The van der Waals surface area contributed by atoms with Gasteiger partial charge in [-0.15, -0.1) is 0 Å². The monoisotopic (exact) mass is 299 g/mol. The zero-order valence-electron chi connectivity index (χ0n) is 11.9. The SMILES string of the molecule is Cc1ccc(S(=O)(=O)NC(CN)C(C)C)cc1C(N)=O. The summed E-state index contributed by atoms with van der Waals surface area (Å²) in [7, 11) is -3.73. The summed E-state index contributed by atoms with van der Waals surface area (Å²) >= 11 is 0. The first-order valence-corrected chi connectivity index (χ1v) is 7.80. The Morgan fingerprint density at radius 1 is 1.35 bits per heavy atom. The van der Waals surface area contributed by atoms with Crippen molar-refractivity contribution in [1.82, 2.24) is 4.72 Å². The Bertz CT molecular complexity index is 597. The normalized spacial score (nSPS) is 13.4. The van der Waals surface area contributed by atoms with Gasteiger partial charge in [-0.2, -0.15) is 0 Å². The van der Waals surface area contributed by atoms with Gasteiger partial charge in [0.1, 0.15) is 0 Å². The van der Waals surface area contributed by atoms with Crippen LogP contribution in [0.5, 0.6) is 0 Å². The molecule has 20 heavy (non-hydrogen) atoms. The second kappa shape index (κ2) is 6.34. The summed E-state index contributed by atoms with van der Waals surface area (Å²) in [4.78, 5) is 11.3. The molecule has 6 nitrogen and oxygen atoms in total. The molecule has 0 spiro atoms. The van der Waals surface area contributed by atoms with E-state index >= 15 is 0 Å². The molecular formula is C13H21N3O3S. The van der Waals surface area contributed by atoms with Crippen molar-refractivity contribution in [2.24, 2.45) is 17.4 Å². The van der Waals surface area contributed by atoms with Gasteiger partial charge in [-0.3, -0.25) is 4.79 Å². The molecule has 0 aliphatic heterocycles. The van der Waals surface area contributed by atoms with Gasteiger partial charge in [0.05, 0.1) is 4.90 Å². The fraction of sp³-hybridized carbons (Fsp3) is 0.462. The average Bonchev–Trinajstić information content (AvgIpc) is 2.35. The number of rotatable bonds is 6. The maximum atomic E-state index is 12.3. The maximum Gasteiger partial charge on any atom is 0.249 e. The van der Waals surface area contributed by atoms with Crippen LogP contribution in [0.1, 0.15) is 29.8 Å². The van der Waals surface area contributed by atoms with Gasteiger partial charge >= 0.3 is 0 Å². The van der Waals surface area contributed by atoms with Crippen LogP contribution in [-0.4, -0.2) is 26.9 Å². The molecule has 0 saturated heterocycles. The largest absolute Gasteiger partial charge is 0.366 e. The predicted molar refractivity (Wildman–Crippen MR) is 77.7 cm³/mol. The number of carbonyl (C=O) groups excluding carboxylic acids is 1. The molecule has 0 aliphatic carbocycles. The number of carbonyl (C=O) groups is 1. The van der Waals surface area contributed by atoms with Crippen LogP contribution < -0.4 is 16.2 Å². The summed E-state index contributed by atoms with van der Waals surface area (Å²) in [5.74, 6) is -0.588. The van der Waals surface area contributed by atoms with Gasteiger partial charge in [-0.25, -0.2) is 13.1 Å². The number of amides is 1. The van der Waals surface area contributed by atoms with E-state index in [-0.39, 0.29) is 29.0 Å². The molecule has 0 aromatic heterocycles. The number of primary amides is 1. The second-order valence-electron chi connectivity index (χ2n) is 5.05. The van der Waals surface area contributed by atoms with Crippen LogP contribution in [0.3, 0.4) is 0 Å². The topological polar surface area (TPSA) is 115 Å². The molecule has 1 atom stereocenters. The lowest BCUT2D eigenvalue weighted by molar-refractivity contribution is 0.0999. The van der Waals surface area contributed by atoms with Gasteiger partial charge in [-0.05, 0) is 30.5 Å². The third-order valence-corrected chi connectivity index (χ3v) is 4.64. The Balaban J connectivity index is 3.16. The summed E-state index contributed by atoms with van der Waals surface area (Å²) in [5, 5.41) is 0. The van der Waals surface area contributed by atoms with Crippen molar-refractivity contribution in [3.8, 4) is 0 Å². The van der Waals surface area contributed by atoms with Crippen LogP contribution in [0.4, 0.5) is 0 Å². The standard InChI is InChI=1S/C13H21N3O3S/c1-8(2)12(7-14)16-20(18,19)10-5-4-9(3)11(6-10)13(15)17/h4-6,8,12,16H,7,14H2,1-3H3,(H2,15,17). The third-order valence-electron chi connectivity index (χ3n) is 3.15. The Kier molecular flexibility index (Phi) is 5.27. The molecule has 1 aromatic carbocycles. The van der Waals surface area contributed by atoms with E-state index in [2.05, 4.69) is 4.72 Å². The Morgan fingerprint density at radius 2 is 1.95 bits per heavy atom. The van der Waals surface area contributed by atoms with Crippen molar-refractivity contribution in [3.05, 3.63) is 29.3 Å². The van der Waals surface area contributed by atoms with E-state index in [1.807, 2.05) is 13.8 Å². The minimum absolute atomic E-state index is 0.0102. The highest BCUT2D eigenvalue weighted by atomic mass is 32.2. The minimum atomic E-state index is -3.73. The number of benzene rings is 1. The molecule has 0 bridgehead atoms. The van der Waals surface area contributed by atoms with Crippen molar-refractivity contribution < 1.29 is 13.2 Å². The summed E-state index contributed by atoms with van der Waals surface area (Å²) in [6, 6.07) is 3.92. The number of hydrogen-bond acceptors (Lipinski definition) is 4. The summed E-state index contributed by atoms with van der Waals surface area (Å²) < 4.78 is 27.1. The van der Waals surface area contributed by atoms with E-state index in [0.717, 1.165) is 0 Å². The lowest BCUT2D eigenvalue weighted by Gasteiger charge is -2.20. The average molecular weight is 299 g/mol. The fourth-order valence-corrected chi connectivity index (χ4v) is 3.18. The molecule has 5 N–H and O–H groups in total. The van der Waals surface area contributed by atoms with Gasteiger partial charge in [0.25, 0.3) is 0 Å². The molecule has 0 aliphatic rings. The Morgan fingerprint density at radius 3 is 2.40 bits per heavy atom. The van der Waals surface area contributed by atoms with Crippen LogP contribution in [0.2, 0.25) is 0 Å². The van der Waals surface area contributed by atoms with Crippen molar-refractivity contribution in [3.63, 3.8) is 0 Å². The fourth-order valence-electron chi connectivity index (χ4n) is 1.76. The first-order chi connectivity index (χ1) is 9.19. The van der Waals surface area contributed by atoms with Crippen LogP contribution >= 0.6 is 0 Å². The van der Waals surface area contributed by atoms with E-state index in [4.69, 9.17) is 11.5 Å². The summed E-state index contributed by atoms with van der Waals surface area (Å²) in [5.41, 5.74) is 11.6. The molecule has 1 amide bonds. The molecule has 0 heterocycles. The Hall–Kier alpha value is -1.44. The summed E-state index contributed by atoms with van der Waals surface area (Å²) in [6.07, 6.45) is 0. The zero-order chi connectivity index (χ0) is 15.5. The van der Waals surface area contributed by atoms with E-state index < -0.39 is 15.9 Å². The van der Waals surface area contributed by atoms with Gasteiger partial charge < -0.3 is 11.5 Å². The molecule has 0 radical (unpaired) electrons. The highest BCUT2D eigenvalue weighted by molar-refractivity contribution is 7.89. The van der Waals surface area contributed by atoms with Crippen molar-refractivity contribution in [2.75, 3.05) is 6.54 Å². The highest BCUT2D eigenvalue weighted by Crippen LogP contribution is 2.16. The number of aryl methyl sites for hydroxylation is 1. The number of nitrogens with two attached hydrogens (primary N) is 2. The summed E-state index contributed by atoms with van der Waals surface area (Å²) in [6.45, 7) is 5.65. The van der Waals surface area contributed by atoms with Crippen LogP contribution in [-0.2, 0) is 10.0 Å². The molecular weight excluding hydrogens is 278 g/mol. The smallest absolute Gasteiger partial charge is 0.249 e. The molecule has 1 rings (SSSR count). The van der Waals surface area contributed by atoms with E-state index in [1.54, 1.807) is 13.0 Å². The zero-order valence-corrected chi connectivity index (χ0v) is 12.7. The minimum Gasteiger partial charge on any atom is -0.366 e. The van der Waals surface area contributed by atoms with Crippen molar-refractivity contribution >= 4 is 15.9 Å². The highest BCUT2D eigenvalue weighted by Gasteiger charge is 2.22. The third kappa shape index (κ3) is 3.78. The maximum absolute atomic E-state index is 12.3. The molecule has 0 saturated carbocycles. The molecule has 112 valence electrons. The number of sulfonamides is 1. The van der Waals surface area contributed by atoms with Gasteiger partial charge in [0.2, 0.25) is 15.9 Å². The van der Waals surface area contributed by atoms with E-state index in [0.29, 0.717) is 5.56 Å².